The Hall–Kier alpha value is -3.16. The molecule has 0 spiro atoms. The van der Waals surface area contributed by atoms with E-state index in [4.69, 9.17) is 4.99 Å². The van der Waals surface area contributed by atoms with Crippen molar-refractivity contribution in [2.75, 3.05) is 11.9 Å². The standard InChI is InChI=1S/C19H19N5O3/c1-22-17(25)14-15(24-13-9-5-8-12(13)20-19(22)24)21-16(18(26)27)23(14)10-11-6-3-2-4-7-11/h2-4,6-7,12-13H,5,8-10H2,1H3,(H,26,27)/t12-,13+/m0/s1. The number of benzene rings is 1. The second-order valence-corrected chi connectivity index (χ2v) is 7.21. The molecule has 3 aliphatic rings. The normalized spacial score (nSPS) is 23.1. The van der Waals surface area contributed by atoms with Gasteiger partial charge in [0.25, 0.3) is 5.91 Å². The van der Waals surface area contributed by atoms with Crippen molar-refractivity contribution in [3.63, 3.8) is 0 Å². The summed E-state index contributed by atoms with van der Waals surface area (Å²) in [6.45, 7) is 0.277. The van der Waals surface area contributed by atoms with Gasteiger partial charge in [-0.1, -0.05) is 30.3 Å². The number of fused-ring (bicyclic) bond motifs is 5. The lowest BCUT2D eigenvalue weighted by Crippen LogP contribution is -2.51. The molecule has 0 saturated heterocycles. The van der Waals surface area contributed by atoms with Crippen LogP contribution in [0.2, 0.25) is 0 Å². The summed E-state index contributed by atoms with van der Waals surface area (Å²) < 4.78 is 1.52. The van der Waals surface area contributed by atoms with Gasteiger partial charge in [-0.25, -0.2) is 14.8 Å². The topological polar surface area (TPSA) is 91.0 Å². The van der Waals surface area contributed by atoms with E-state index < -0.39 is 5.97 Å². The number of guanidine groups is 1. The number of hydrogen-bond acceptors (Lipinski definition) is 5. The molecule has 0 radical (unpaired) electrons. The zero-order valence-electron chi connectivity index (χ0n) is 14.9. The molecular formula is C19H19N5O3. The van der Waals surface area contributed by atoms with Gasteiger partial charge in [-0.2, -0.15) is 0 Å². The highest BCUT2D eigenvalue weighted by Crippen LogP contribution is 2.40. The van der Waals surface area contributed by atoms with E-state index in [1.165, 1.54) is 9.47 Å². The molecule has 2 aliphatic heterocycles. The fourth-order valence-corrected chi connectivity index (χ4v) is 4.38. The van der Waals surface area contributed by atoms with E-state index >= 15 is 0 Å². The summed E-state index contributed by atoms with van der Waals surface area (Å²) >= 11 is 0. The number of amides is 1. The average molecular weight is 365 g/mol. The number of rotatable bonds is 3. The SMILES string of the molecule is CN1C(=O)c2c(nc(C(=O)O)n2Cc2ccccc2)N2C1=N[C@H]1CCC[C@H]12. The Kier molecular flexibility index (Phi) is 3.37. The first kappa shape index (κ1) is 16.0. The van der Waals surface area contributed by atoms with E-state index in [-0.39, 0.29) is 30.4 Å². The molecule has 1 amide bonds. The molecule has 27 heavy (non-hydrogen) atoms. The maximum Gasteiger partial charge on any atom is 0.372 e. The van der Waals surface area contributed by atoms with Gasteiger partial charge in [0.05, 0.1) is 18.6 Å². The first-order valence-electron chi connectivity index (χ1n) is 9.09. The summed E-state index contributed by atoms with van der Waals surface area (Å²) in [5.74, 6) is -0.510. The number of carbonyl (C=O) groups is 2. The zero-order chi connectivity index (χ0) is 18.7. The highest BCUT2D eigenvalue weighted by Gasteiger charge is 2.49. The molecular weight excluding hydrogens is 346 g/mol. The summed E-state index contributed by atoms with van der Waals surface area (Å²) in [6, 6.07) is 9.79. The van der Waals surface area contributed by atoms with Crippen LogP contribution in [0.15, 0.2) is 35.3 Å². The van der Waals surface area contributed by atoms with Gasteiger partial charge >= 0.3 is 5.97 Å². The molecule has 1 saturated carbocycles. The van der Waals surface area contributed by atoms with Gasteiger partial charge in [-0.3, -0.25) is 14.6 Å². The Morgan fingerprint density at radius 3 is 2.78 bits per heavy atom. The van der Waals surface area contributed by atoms with Gasteiger partial charge in [-0.05, 0) is 24.8 Å². The third kappa shape index (κ3) is 2.22. The Morgan fingerprint density at radius 1 is 1.26 bits per heavy atom. The Labute approximate surface area is 155 Å². The van der Waals surface area contributed by atoms with Crippen molar-refractivity contribution in [2.45, 2.75) is 37.9 Å². The first-order valence-corrected chi connectivity index (χ1v) is 9.09. The van der Waals surface area contributed by atoms with Crippen molar-refractivity contribution in [2.24, 2.45) is 4.99 Å². The number of aromatic nitrogens is 2. The average Bonchev–Trinajstić information content (AvgIpc) is 3.33. The lowest BCUT2D eigenvalue weighted by molar-refractivity contribution is 0.0678. The second-order valence-electron chi connectivity index (χ2n) is 7.21. The van der Waals surface area contributed by atoms with Gasteiger partial charge in [0.2, 0.25) is 11.8 Å². The van der Waals surface area contributed by atoms with Crippen molar-refractivity contribution in [3.05, 3.63) is 47.4 Å². The van der Waals surface area contributed by atoms with E-state index in [1.54, 1.807) is 7.05 Å². The van der Waals surface area contributed by atoms with Crippen LogP contribution in [0.4, 0.5) is 5.82 Å². The molecule has 3 heterocycles. The van der Waals surface area contributed by atoms with E-state index in [0.717, 1.165) is 24.8 Å². The highest BCUT2D eigenvalue weighted by molar-refractivity contribution is 6.18. The van der Waals surface area contributed by atoms with Crippen LogP contribution in [0.5, 0.6) is 0 Å². The maximum atomic E-state index is 13.1. The Balaban J connectivity index is 1.69. The van der Waals surface area contributed by atoms with E-state index in [0.29, 0.717) is 17.5 Å². The van der Waals surface area contributed by atoms with Gasteiger partial charge in [-0.15, -0.1) is 0 Å². The molecule has 1 N–H and O–H groups in total. The van der Waals surface area contributed by atoms with Crippen LogP contribution in [0.1, 0.15) is 45.9 Å². The van der Waals surface area contributed by atoms with Crippen molar-refractivity contribution >= 4 is 23.7 Å². The number of hydrogen-bond donors (Lipinski definition) is 1. The zero-order valence-corrected chi connectivity index (χ0v) is 14.9. The van der Waals surface area contributed by atoms with Gasteiger partial charge in [0.1, 0.15) is 0 Å². The minimum atomic E-state index is -1.14. The number of imidazole rings is 1. The molecule has 8 nitrogen and oxygen atoms in total. The summed E-state index contributed by atoms with van der Waals surface area (Å²) in [6.07, 6.45) is 3.03. The molecule has 5 rings (SSSR count). The van der Waals surface area contributed by atoms with E-state index in [2.05, 4.69) is 4.98 Å². The van der Waals surface area contributed by atoms with Crippen LogP contribution in [0.3, 0.4) is 0 Å². The van der Waals surface area contributed by atoms with Gasteiger partial charge < -0.3 is 9.67 Å². The summed E-state index contributed by atoms with van der Waals surface area (Å²) in [7, 11) is 1.69. The van der Waals surface area contributed by atoms with Crippen molar-refractivity contribution < 1.29 is 14.7 Å². The second kappa shape index (κ2) is 5.67. The monoisotopic (exact) mass is 365 g/mol. The summed E-state index contributed by atoms with van der Waals surface area (Å²) in [5.41, 5.74) is 1.24. The summed E-state index contributed by atoms with van der Waals surface area (Å²) in [4.78, 5) is 37.6. The highest BCUT2D eigenvalue weighted by atomic mass is 16.4. The fourth-order valence-electron chi connectivity index (χ4n) is 4.38. The first-order chi connectivity index (χ1) is 13.1. The van der Waals surface area contributed by atoms with E-state index in [9.17, 15) is 14.7 Å². The quantitative estimate of drug-likeness (QED) is 0.896. The molecule has 0 unspecified atom stereocenters. The molecule has 0 bridgehead atoms. The fraction of sp³-hybridized carbons (Fsp3) is 0.368. The minimum absolute atomic E-state index is 0.117. The number of anilines is 1. The maximum absolute atomic E-state index is 13.1. The number of aliphatic imine (C=N–C) groups is 1. The van der Waals surface area contributed by atoms with Gasteiger partial charge in [0, 0.05) is 7.05 Å². The van der Waals surface area contributed by atoms with Crippen molar-refractivity contribution in [1.29, 1.82) is 0 Å². The number of carboxylic acids is 1. The van der Waals surface area contributed by atoms with Crippen LogP contribution in [-0.2, 0) is 6.54 Å². The molecule has 138 valence electrons. The molecule has 1 fully saturated rings. The molecule has 8 heteroatoms. The molecule has 1 aromatic heterocycles. The minimum Gasteiger partial charge on any atom is -0.475 e. The molecule has 1 aliphatic carbocycles. The van der Waals surface area contributed by atoms with Crippen LogP contribution in [-0.4, -0.2) is 56.5 Å². The Morgan fingerprint density at radius 2 is 2.04 bits per heavy atom. The van der Waals surface area contributed by atoms with Crippen molar-refractivity contribution in [1.82, 2.24) is 14.5 Å². The van der Waals surface area contributed by atoms with Crippen LogP contribution < -0.4 is 4.90 Å². The van der Waals surface area contributed by atoms with Crippen LogP contribution in [0.25, 0.3) is 0 Å². The summed E-state index contributed by atoms with van der Waals surface area (Å²) in [5, 5.41) is 9.72. The van der Waals surface area contributed by atoms with Crippen LogP contribution in [0, 0.1) is 0 Å². The largest absolute Gasteiger partial charge is 0.475 e. The predicted molar refractivity (Wildman–Crippen MR) is 98.2 cm³/mol. The lowest BCUT2D eigenvalue weighted by atomic mass is 10.1. The smallest absolute Gasteiger partial charge is 0.372 e. The number of aromatic carboxylic acids is 1. The third-order valence-corrected chi connectivity index (χ3v) is 5.63. The van der Waals surface area contributed by atoms with Crippen LogP contribution >= 0.6 is 0 Å². The number of nitrogens with zero attached hydrogens (tertiary/aromatic N) is 5. The van der Waals surface area contributed by atoms with E-state index in [1.807, 2.05) is 35.2 Å². The van der Waals surface area contributed by atoms with Gasteiger partial charge in [0.15, 0.2) is 11.5 Å². The molecule has 2 atom stereocenters. The third-order valence-electron chi connectivity index (χ3n) is 5.63. The van der Waals surface area contributed by atoms with Crippen molar-refractivity contribution in [3.8, 4) is 0 Å². The Bertz CT molecular complexity index is 981. The lowest BCUT2D eigenvalue weighted by Gasteiger charge is -2.34. The molecule has 2 aromatic rings. The number of carbonyl (C=O) groups excluding carboxylic acids is 1. The molecule has 1 aromatic carbocycles. The predicted octanol–water partition coefficient (Wildman–Crippen LogP) is 1.81. The number of carboxylic acid groups (broad SMARTS) is 1.